The summed E-state index contributed by atoms with van der Waals surface area (Å²) in [4.78, 5) is 6.95. The van der Waals surface area contributed by atoms with Crippen molar-refractivity contribution in [3.8, 4) is 0 Å². The molecule has 29 heavy (non-hydrogen) atoms. The summed E-state index contributed by atoms with van der Waals surface area (Å²) in [5, 5.41) is 17.3. The lowest BCUT2D eigenvalue weighted by molar-refractivity contribution is 0.0436. The van der Waals surface area contributed by atoms with Crippen LogP contribution in [-0.4, -0.2) is 48.2 Å². The number of hydrogen-bond donors (Lipinski definition) is 3. The summed E-state index contributed by atoms with van der Waals surface area (Å²) >= 11 is 0. The molecule has 6 nitrogen and oxygen atoms in total. The molecule has 158 valence electrons. The molecular formula is C22H31FN4O2. The Morgan fingerprint density at radius 2 is 2.00 bits per heavy atom. The third-order valence-corrected chi connectivity index (χ3v) is 5.19. The number of nitrogens with one attached hydrogen (secondary N) is 2. The number of piperidine rings is 1. The van der Waals surface area contributed by atoms with Crippen molar-refractivity contribution in [3.05, 3.63) is 59.8 Å². The first-order valence-electron chi connectivity index (χ1n) is 10.2. The molecule has 1 fully saturated rings. The van der Waals surface area contributed by atoms with Crippen LogP contribution in [0.15, 0.2) is 52.1 Å². The van der Waals surface area contributed by atoms with Crippen LogP contribution in [-0.2, 0) is 12.1 Å². The van der Waals surface area contributed by atoms with Crippen molar-refractivity contribution in [2.75, 3.05) is 26.2 Å². The highest BCUT2D eigenvalue weighted by atomic mass is 19.1. The summed E-state index contributed by atoms with van der Waals surface area (Å²) in [6.07, 6.45) is 3.55. The van der Waals surface area contributed by atoms with E-state index in [0.717, 1.165) is 44.6 Å². The van der Waals surface area contributed by atoms with Crippen LogP contribution in [0.4, 0.5) is 4.39 Å². The van der Waals surface area contributed by atoms with Crippen LogP contribution in [0.3, 0.4) is 0 Å². The Bertz CT molecular complexity index is 767. The van der Waals surface area contributed by atoms with E-state index in [1.165, 1.54) is 12.1 Å². The summed E-state index contributed by atoms with van der Waals surface area (Å²) < 4.78 is 18.4. The maximum atomic E-state index is 13.1. The van der Waals surface area contributed by atoms with Crippen molar-refractivity contribution in [2.45, 2.75) is 44.9 Å². The normalized spacial score (nSPS) is 18.4. The van der Waals surface area contributed by atoms with E-state index in [9.17, 15) is 9.50 Å². The molecule has 1 aliphatic rings. The smallest absolute Gasteiger partial charge is 0.191 e. The Kier molecular flexibility index (Phi) is 7.28. The molecule has 7 heteroatoms. The van der Waals surface area contributed by atoms with Gasteiger partial charge in [-0.3, -0.25) is 4.90 Å². The number of rotatable bonds is 7. The predicted molar refractivity (Wildman–Crippen MR) is 112 cm³/mol. The molecule has 0 aliphatic carbocycles. The number of nitrogens with zero attached hydrogens (tertiary/aromatic N) is 2. The molecular weight excluding hydrogens is 371 g/mol. The zero-order chi connectivity index (χ0) is 20.7. The van der Waals surface area contributed by atoms with Gasteiger partial charge in [0.15, 0.2) is 5.96 Å². The van der Waals surface area contributed by atoms with Gasteiger partial charge >= 0.3 is 0 Å². The molecule has 1 atom stereocenters. The molecule has 2 heterocycles. The van der Waals surface area contributed by atoms with Crippen molar-refractivity contribution >= 4 is 5.96 Å². The average Bonchev–Trinajstić information content (AvgIpc) is 3.26. The van der Waals surface area contributed by atoms with E-state index < -0.39 is 5.60 Å². The number of benzene rings is 1. The zero-order valence-corrected chi connectivity index (χ0v) is 17.2. The Balaban J connectivity index is 1.50. The lowest BCUT2D eigenvalue weighted by atomic mass is 10.0. The minimum atomic E-state index is -1.15. The van der Waals surface area contributed by atoms with Gasteiger partial charge in [-0.05, 0) is 56.5 Å². The fourth-order valence-electron chi connectivity index (χ4n) is 3.49. The van der Waals surface area contributed by atoms with Crippen LogP contribution in [0.2, 0.25) is 0 Å². The van der Waals surface area contributed by atoms with Crippen LogP contribution >= 0.6 is 0 Å². The standard InChI is InChI=1S/C22H31FN4O2/c1-3-24-21(25-16-22(2,28)20-5-4-14-29-20)26-19-10-12-27(13-11-19)15-17-6-8-18(23)9-7-17/h4-9,14,19,28H,3,10-13,15-16H2,1-2H3,(H2,24,25,26). The van der Waals surface area contributed by atoms with Crippen LogP contribution in [0, 0.1) is 5.82 Å². The molecule has 3 rings (SSSR count). The van der Waals surface area contributed by atoms with Gasteiger partial charge in [-0.1, -0.05) is 12.1 Å². The van der Waals surface area contributed by atoms with E-state index in [1.54, 1.807) is 25.3 Å². The van der Waals surface area contributed by atoms with Gasteiger partial charge in [0.2, 0.25) is 0 Å². The van der Waals surface area contributed by atoms with E-state index in [4.69, 9.17) is 4.42 Å². The second-order valence-electron chi connectivity index (χ2n) is 7.77. The van der Waals surface area contributed by atoms with Crippen LogP contribution < -0.4 is 10.6 Å². The van der Waals surface area contributed by atoms with Gasteiger partial charge in [-0.2, -0.15) is 0 Å². The molecule has 0 saturated carbocycles. The summed E-state index contributed by atoms with van der Waals surface area (Å²) in [7, 11) is 0. The highest BCUT2D eigenvalue weighted by Crippen LogP contribution is 2.21. The molecule has 1 aromatic carbocycles. The number of furan rings is 1. The second-order valence-corrected chi connectivity index (χ2v) is 7.77. The fourth-order valence-corrected chi connectivity index (χ4v) is 3.49. The van der Waals surface area contributed by atoms with Gasteiger partial charge in [0, 0.05) is 32.2 Å². The highest BCUT2D eigenvalue weighted by molar-refractivity contribution is 5.80. The van der Waals surface area contributed by atoms with Gasteiger partial charge in [-0.15, -0.1) is 0 Å². The topological polar surface area (TPSA) is 73.0 Å². The third kappa shape index (κ3) is 6.30. The van der Waals surface area contributed by atoms with E-state index >= 15 is 0 Å². The van der Waals surface area contributed by atoms with Gasteiger partial charge in [-0.25, -0.2) is 9.38 Å². The summed E-state index contributed by atoms with van der Waals surface area (Å²) in [6, 6.07) is 10.6. The van der Waals surface area contributed by atoms with E-state index in [2.05, 4.69) is 20.5 Å². The summed E-state index contributed by atoms with van der Waals surface area (Å²) in [5.74, 6) is 1.01. The number of guanidine groups is 1. The first-order chi connectivity index (χ1) is 14.0. The molecule has 1 aromatic heterocycles. The van der Waals surface area contributed by atoms with Gasteiger partial charge in [0.25, 0.3) is 0 Å². The quantitative estimate of drug-likeness (QED) is 0.491. The third-order valence-electron chi connectivity index (χ3n) is 5.19. The minimum Gasteiger partial charge on any atom is -0.466 e. The second kappa shape index (κ2) is 9.89. The predicted octanol–water partition coefficient (Wildman–Crippen LogP) is 2.85. The molecule has 0 radical (unpaired) electrons. The maximum absolute atomic E-state index is 13.1. The molecule has 1 saturated heterocycles. The van der Waals surface area contributed by atoms with Crippen LogP contribution in [0.1, 0.15) is 38.0 Å². The van der Waals surface area contributed by atoms with Crippen LogP contribution in [0.5, 0.6) is 0 Å². The first-order valence-corrected chi connectivity index (χ1v) is 10.2. The number of likely N-dealkylation sites (tertiary alicyclic amines) is 1. The first kappa shape index (κ1) is 21.3. The largest absolute Gasteiger partial charge is 0.466 e. The number of hydrogen-bond acceptors (Lipinski definition) is 4. The van der Waals surface area contributed by atoms with E-state index in [1.807, 2.05) is 19.1 Å². The molecule has 1 aliphatic heterocycles. The van der Waals surface area contributed by atoms with E-state index in [-0.39, 0.29) is 12.4 Å². The van der Waals surface area contributed by atoms with Crippen molar-refractivity contribution in [3.63, 3.8) is 0 Å². The number of halogens is 1. The molecule has 0 amide bonds. The Hall–Kier alpha value is -2.38. The van der Waals surface area contributed by atoms with Gasteiger partial charge < -0.3 is 20.2 Å². The average molecular weight is 403 g/mol. The molecule has 2 aromatic rings. The SMILES string of the molecule is CCNC(=NCC(C)(O)c1ccco1)NC1CCN(Cc2ccc(F)cc2)CC1. The number of aliphatic hydroxyl groups is 1. The Morgan fingerprint density at radius 1 is 1.28 bits per heavy atom. The fraction of sp³-hybridized carbons (Fsp3) is 0.500. The molecule has 0 bridgehead atoms. The monoisotopic (exact) mass is 402 g/mol. The van der Waals surface area contributed by atoms with Crippen molar-refractivity contribution in [2.24, 2.45) is 4.99 Å². The summed E-state index contributed by atoms with van der Waals surface area (Å²) in [6.45, 7) is 7.46. The molecule has 1 unspecified atom stereocenters. The molecule has 3 N–H and O–H groups in total. The van der Waals surface area contributed by atoms with Crippen molar-refractivity contribution < 1.29 is 13.9 Å². The van der Waals surface area contributed by atoms with Crippen molar-refractivity contribution in [1.29, 1.82) is 0 Å². The Morgan fingerprint density at radius 3 is 2.62 bits per heavy atom. The minimum absolute atomic E-state index is 0.196. The number of aliphatic imine (C=N–C) groups is 1. The lowest BCUT2D eigenvalue weighted by Crippen LogP contribution is -2.48. The highest BCUT2D eigenvalue weighted by Gasteiger charge is 2.26. The van der Waals surface area contributed by atoms with Gasteiger partial charge in [0.05, 0.1) is 12.8 Å². The Labute approximate surface area is 171 Å². The maximum Gasteiger partial charge on any atom is 0.191 e. The van der Waals surface area contributed by atoms with Crippen LogP contribution in [0.25, 0.3) is 0 Å². The van der Waals surface area contributed by atoms with Crippen molar-refractivity contribution in [1.82, 2.24) is 15.5 Å². The summed E-state index contributed by atoms with van der Waals surface area (Å²) in [5.41, 5.74) is -0.0162. The van der Waals surface area contributed by atoms with Gasteiger partial charge in [0.1, 0.15) is 17.2 Å². The lowest BCUT2D eigenvalue weighted by Gasteiger charge is -2.33. The zero-order valence-electron chi connectivity index (χ0n) is 17.2. The van der Waals surface area contributed by atoms with E-state index in [0.29, 0.717) is 17.8 Å². The molecule has 0 spiro atoms.